The fourth-order valence-corrected chi connectivity index (χ4v) is 9.18. The standard InChI is InChI=1S/C26H19FN4O6S4/c27-13-3-7-15(8-4-13)31-23(33)20-19(17-2-1-11-38-17)22-25(39-21(20)24(31)34)30(26(35)40-22)12-18(32)29-14-5-9-16(10-6-14)41(28,36)37/h1-11,19-21H,12H2,(H,29,32)(H2,28,36,37). The largest absolute Gasteiger partial charge is 0.325 e. The zero-order valence-electron chi connectivity index (χ0n) is 20.7. The summed E-state index contributed by atoms with van der Waals surface area (Å²) < 4.78 is 37.8. The van der Waals surface area contributed by atoms with E-state index < -0.39 is 55.5 Å². The highest BCUT2D eigenvalue weighted by Gasteiger charge is 2.57. The molecular weight excluding hydrogens is 612 g/mol. The van der Waals surface area contributed by atoms with Gasteiger partial charge in [-0.05, 0) is 60.0 Å². The molecule has 6 rings (SSSR count). The number of rotatable bonds is 6. The van der Waals surface area contributed by atoms with Crippen LogP contribution in [0.15, 0.2) is 80.8 Å². The highest BCUT2D eigenvalue weighted by atomic mass is 32.2. The number of nitrogens with one attached hydrogen (secondary N) is 1. The summed E-state index contributed by atoms with van der Waals surface area (Å²) in [5, 5.41) is 9.16. The maximum atomic E-state index is 13.7. The summed E-state index contributed by atoms with van der Waals surface area (Å²) in [6, 6.07) is 14.0. The molecule has 1 saturated heterocycles. The number of nitrogens with two attached hydrogens (primary N) is 1. The maximum Gasteiger partial charge on any atom is 0.308 e. The van der Waals surface area contributed by atoms with Crippen LogP contribution >= 0.6 is 34.4 Å². The summed E-state index contributed by atoms with van der Waals surface area (Å²) in [7, 11) is -3.90. The molecule has 1 fully saturated rings. The number of hydrogen-bond donors (Lipinski definition) is 2. The molecule has 4 heterocycles. The van der Waals surface area contributed by atoms with Crippen LogP contribution in [0, 0.1) is 11.7 Å². The maximum absolute atomic E-state index is 13.7. The Hall–Kier alpha value is -3.63. The smallest absolute Gasteiger partial charge is 0.308 e. The monoisotopic (exact) mass is 630 g/mol. The molecule has 3 N–H and O–H groups in total. The van der Waals surface area contributed by atoms with Crippen LogP contribution in [-0.4, -0.2) is 36.0 Å². The van der Waals surface area contributed by atoms with Crippen LogP contribution in [0.2, 0.25) is 0 Å². The molecule has 4 aromatic rings. The van der Waals surface area contributed by atoms with Gasteiger partial charge >= 0.3 is 4.87 Å². The highest BCUT2D eigenvalue weighted by molar-refractivity contribution is 8.00. The summed E-state index contributed by atoms with van der Waals surface area (Å²) in [6.07, 6.45) is 0. The Morgan fingerprint density at radius 3 is 2.34 bits per heavy atom. The van der Waals surface area contributed by atoms with E-state index in [2.05, 4.69) is 5.32 Å². The normalized spacial score (nSPS) is 20.1. The molecule has 3 unspecified atom stereocenters. The zero-order valence-corrected chi connectivity index (χ0v) is 24.0. The Bertz CT molecular complexity index is 1850. The number of nitrogens with zero attached hydrogens (tertiary/aromatic N) is 2. The molecule has 10 nitrogen and oxygen atoms in total. The van der Waals surface area contributed by atoms with Crippen molar-refractivity contribution in [2.45, 2.75) is 27.6 Å². The summed E-state index contributed by atoms with van der Waals surface area (Å²) >= 11 is 3.40. The average molecular weight is 631 g/mol. The quantitative estimate of drug-likeness (QED) is 0.311. The van der Waals surface area contributed by atoms with Crippen LogP contribution in [0.5, 0.6) is 0 Å². The minimum atomic E-state index is -3.90. The summed E-state index contributed by atoms with van der Waals surface area (Å²) in [6.45, 7) is -0.368. The number of sulfonamides is 1. The van der Waals surface area contributed by atoms with Crippen LogP contribution in [0.4, 0.5) is 15.8 Å². The van der Waals surface area contributed by atoms with Gasteiger partial charge in [0.25, 0.3) is 0 Å². The molecule has 2 aromatic heterocycles. The molecule has 15 heteroatoms. The second kappa shape index (κ2) is 10.3. The van der Waals surface area contributed by atoms with Gasteiger partial charge in [-0.3, -0.25) is 23.7 Å². The SMILES string of the molecule is NS(=O)(=O)c1ccc(NC(=O)Cn2c3c(sc2=O)C(c2cccs2)C2C(=O)N(c4ccc(F)cc4)C(=O)C2S3)cc1. The number of benzene rings is 2. The van der Waals surface area contributed by atoms with Crippen molar-refractivity contribution in [1.29, 1.82) is 0 Å². The second-order valence-corrected chi connectivity index (χ2v) is 14.0. The molecule has 3 atom stereocenters. The van der Waals surface area contributed by atoms with E-state index in [-0.39, 0.29) is 17.1 Å². The number of aromatic nitrogens is 1. The van der Waals surface area contributed by atoms with Gasteiger partial charge in [0.2, 0.25) is 27.7 Å². The lowest BCUT2D eigenvalue weighted by Gasteiger charge is -2.29. The van der Waals surface area contributed by atoms with E-state index in [4.69, 9.17) is 5.14 Å². The number of thiophene rings is 1. The summed E-state index contributed by atoms with van der Waals surface area (Å²) in [4.78, 5) is 55.4. The molecule has 0 spiro atoms. The van der Waals surface area contributed by atoms with Gasteiger partial charge in [-0.25, -0.2) is 22.8 Å². The Balaban J connectivity index is 1.33. The summed E-state index contributed by atoms with van der Waals surface area (Å²) in [5.41, 5.74) is 0.560. The number of halogens is 1. The van der Waals surface area contributed by atoms with Crippen molar-refractivity contribution in [1.82, 2.24) is 4.57 Å². The molecule has 0 radical (unpaired) electrons. The van der Waals surface area contributed by atoms with E-state index in [0.29, 0.717) is 15.6 Å². The van der Waals surface area contributed by atoms with Gasteiger partial charge in [0.05, 0.1) is 21.5 Å². The predicted molar refractivity (Wildman–Crippen MR) is 153 cm³/mol. The lowest BCUT2D eigenvalue weighted by atomic mass is 9.87. The molecule has 3 amide bonds. The number of primary sulfonamides is 1. The van der Waals surface area contributed by atoms with E-state index >= 15 is 0 Å². The van der Waals surface area contributed by atoms with Gasteiger partial charge in [-0.1, -0.05) is 29.2 Å². The first-order valence-corrected chi connectivity index (χ1v) is 16.1. The third-order valence-corrected chi connectivity index (χ3v) is 11.2. The second-order valence-electron chi connectivity index (χ2n) is 9.29. The number of hydrogen-bond acceptors (Lipinski definition) is 9. The van der Waals surface area contributed by atoms with Crippen molar-refractivity contribution in [2.75, 3.05) is 10.2 Å². The molecule has 41 heavy (non-hydrogen) atoms. The van der Waals surface area contributed by atoms with Crippen molar-refractivity contribution in [2.24, 2.45) is 11.1 Å². The Kier molecular flexibility index (Phi) is 6.94. The molecule has 210 valence electrons. The highest BCUT2D eigenvalue weighted by Crippen LogP contribution is 2.54. The van der Waals surface area contributed by atoms with Gasteiger partial charge in [-0.15, -0.1) is 11.3 Å². The molecule has 0 aliphatic carbocycles. The lowest BCUT2D eigenvalue weighted by molar-refractivity contribution is -0.122. The molecular formula is C26H19FN4O6S4. The van der Waals surface area contributed by atoms with Crippen molar-refractivity contribution in [3.63, 3.8) is 0 Å². The molecule has 2 aromatic carbocycles. The van der Waals surface area contributed by atoms with Crippen LogP contribution < -0.4 is 20.2 Å². The fraction of sp³-hybridized carbons (Fsp3) is 0.154. The number of amides is 3. The number of carbonyl (C=O) groups excluding carboxylic acids is 3. The number of thioether (sulfide) groups is 1. The van der Waals surface area contributed by atoms with Crippen LogP contribution in [0.25, 0.3) is 0 Å². The Morgan fingerprint density at radius 2 is 1.71 bits per heavy atom. The number of carbonyl (C=O) groups is 3. The van der Waals surface area contributed by atoms with E-state index in [1.165, 1.54) is 64.4 Å². The lowest BCUT2D eigenvalue weighted by Crippen LogP contribution is -2.32. The van der Waals surface area contributed by atoms with Crippen LogP contribution in [0.3, 0.4) is 0 Å². The van der Waals surface area contributed by atoms with Crippen molar-refractivity contribution in [3.05, 3.63) is 91.3 Å². The van der Waals surface area contributed by atoms with Crippen LogP contribution in [-0.2, 0) is 31.0 Å². The number of thiazole rings is 1. The first-order valence-electron chi connectivity index (χ1n) is 12.0. The molecule has 2 aliphatic rings. The zero-order chi connectivity index (χ0) is 29.1. The van der Waals surface area contributed by atoms with E-state index in [9.17, 15) is 32.0 Å². The van der Waals surface area contributed by atoms with Gasteiger partial charge in [-0.2, -0.15) is 0 Å². The first kappa shape index (κ1) is 27.5. The van der Waals surface area contributed by atoms with Crippen molar-refractivity contribution < 1.29 is 27.2 Å². The number of fused-ring (bicyclic) bond motifs is 2. The van der Waals surface area contributed by atoms with Crippen molar-refractivity contribution in [3.8, 4) is 0 Å². The van der Waals surface area contributed by atoms with Gasteiger partial charge in [0, 0.05) is 21.4 Å². The minimum Gasteiger partial charge on any atom is -0.325 e. The van der Waals surface area contributed by atoms with Gasteiger partial charge in [0.1, 0.15) is 17.6 Å². The van der Waals surface area contributed by atoms with E-state index in [1.807, 2.05) is 17.5 Å². The van der Waals surface area contributed by atoms with E-state index in [1.54, 1.807) is 0 Å². The van der Waals surface area contributed by atoms with Crippen molar-refractivity contribution >= 4 is 73.6 Å². The van der Waals surface area contributed by atoms with Gasteiger partial charge < -0.3 is 5.32 Å². The third kappa shape index (κ3) is 4.93. The molecule has 0 saturated carbocycles. The molecule has 2 aliphatic heterocycles. The number of imide groups is 1. The topological polar surface area (TPSA) is 149 Å². The third-order valence-electron chi connectivity index (χ3n) is 6.75. The van der Waals surface area contributed by atoms with Gasteiger partial charge in [0.15, 0.2) is 0 Å². The summed E-state index contributed by atoms with van der Waals surface area (Å²) in [5.74, 6) is -3.33. The fourth-order valence-electron chi connectivity index (χ4n) is 4.95. The first-order chi connectivity index (χ1) is 19.5. The number of anilines is 2. The minimum absolute atomic E-state index is 0.116. The predicted octanol–water partition coefficient (Wildman–Crippen LogP) is 3.19. The average Bonchev–Trinajstić information content (AvgIpc) is 3.62. The Labute approximate surface area is 244 Å². The molecule has 0 bridgehead atoms. The Morgan fingerprint density at radius 1 is 1.00 bits per heavy atom. The van der Waals surface area contributed by atoms with E-state index in [0.717, 1.165) is 32.9 Å². The van der Waals surface area contributed by atoms with Crippen LogP contribution in [0.1, 0.15) is 15.7 Å².